The lowest BCUT2D eigenvalue weighted by atomic mass is 10.3. The van der Waals surface area contributed by atoms with Crippen LogP contribution in [0.1, 0.15) is 5.56 Å². The van der Waals surface area contributed by atoms with Crippen molar-refractivity contribution in [3.63, 3.8) is 0 Å². The zero-order chi connectivity index (χ0) is 10.5. The van der Waals surface area contributed by atoms with E-state index in [9.17, 15) is 0 Å². The second-order valence-electron chi connectivity index (χ2n) is 2.90. The zero-order valence-corrected chi connectivity index (χ0v) is 8.65. The van der Waals surface area contributed by atoms with E-state index in [0.29, 0.717) is 17.5 Å². The molecule has 2 rings (SSSR count). The second kappa shape index (κ2) is 4.70. The highest BCUT2D eigenvalue weighted by Gasteiger charge is 2.00. The van der Waals surface area contributed by atoms with E-state index in [1.165, 1.54) is 0 Å². The first-order valence-corrected chi connectivity index (χ1v) is 4.83. The molecule has 5 heteroatoms. The molecule has 0 fully saturated rings. The Morgan fingerprint density at radius 2 is 1.80 bits per heavy atom. The van der Waals surface area contributed by atoms with Crippen LogP contribution in [0.2, 0.25) is 5.15 Å². The molecule has 0 saturated carbocycles. The average molecular weight is 221 g/mol. The van der Waals surface area contributed by atoms with Crippen molar-refractivity contribution in [3.05, 3.63) is 47.6 Å². The van der Waals surface area contributed by atoms with Crippen LogP contribution in [-0.4, -0.2) is 15.0 Å². The van der Waals surface area contributed by atoms with Crippen LogP contribution < -0.4 is 5.32 Å². The fourth-order valence-electron chi connectivity index (χ4n) is 1.13. The summed E-state index contributed by atoms with van der Waals surface area (Å²) in [5, 5.41) is 3.48. The third-order valence-corrected chi connectivity index (χ3v) is 2.14. The van der Waals surface area contributed by atoms with Gasteiger partial charge in [0.1, 0.15) is 0 Å². The quantitative estimate of drug-likeness (QED) is 0.861. The molecular weight excluding hydrogens is 212 g/mol. The molecule has 0 radical (unpaired) electrons. The predicted molar refractivity (Wildman–Crippen MR) is 58.6 cm³/mol. The number of nitrogens with one attached hydrogen (secondary N) is 1. The van der Waals surface area contributed by atoms with Gasteiger partial charge in [0, 0.05) is 31.3 Å². The highest BCUT2D eigenvalue weighted by molar-refractivity contribution is 6.31. The lowest BCUT2D eigenvalue weighted by Crippen LogP contribution is -2.02. The molecule has 0 aliphatic rings. The summed E-state index contributed by atoms with van der Waals surface area (Å²) in [6.07, 6.45) is 6.64. The Hall–Kier alpha value is -1.68. The molecule has 2 heterocycles. The fourth-order valence-corrected chi connectivity index (χ4v) is 1.30. The van der Waals surface area contributed by atoms with Crippen LogP contribution in [0.15, 0.2) is 36.9 Å². The van der Waals surface area contributed by atoms with E-state index in [2.05, 4.69) is 20.3 Å². The predicted octanol–water partition coefficient (Wildman–Crippen LogP) is 2.14. The summed E-state index contributed by atoms with van der Waals surface area (Å²) >= 11 is 5.84. The van der Waals surface area contributed by atoms with Gasteiger partial charge in [-0.05, 0) is 17.7 Å². The van der Waals surface area contributed by atoms with Crippen molar-refractivity contribution in [1.82, 2.24) is 15.0 Å². The molecule has 0 aliphatic heterocycles. The zero-order valence-electron chi connectivity index (χ0n) is 7.89. The summed E-state index contributed by atoms with van der Waals surface area (Å²) in [6, 6.07) is 3.86. The molecule has 4 nitrogen and oxygen atoms in total. The van der Waals surface area contributed by atoms with Gasteiger partial charge in [0.15, 0.2) is 11.0 Å². The van der Waals surface area contributed by atoms with Crippen molar-refractivity contribution in [2.24, 2.45) is 0 Å². The molecule has 15 heavy (non-hydrogen) atoms. The minimum atomic E-state index is 0.381. The number of hydrogen-bond donors (Lipinski definition) is 1. The molecule has 0 saturated heterocycles. The van der Waals surface area contributed by atoms with Gasteiger partial charge in [-0.25, -0.2) is 9.97 Å². The van der Waals surface area contributed by atoms with Crippen LogP contribution in [0.5, 0.6) is 0 Å². The number of pyridine rings is 1. The molecule has 76 valence electrons. The van der Waals surface area contributed by atoms with Gasteiger partial charge in [0.25, 0.3) is 0 Å². The molecule has 0 aromatic carbocycles. The van der Waals surface area contributed by atoms with Gasteiger partial charge >= 0.3 is 0 Å². The van der Waals surface area contributed by atoms with Gasteiger partial charge in [-0.3, -0.25) is 4.98 Å². The molecule has 1 N–H and O–H groups in total. The molecule has 0 spiro atoms. The Labute approximate surface area is 92.4 Å². The Kier molecular flexibility index (Phi) is 3.09. The number of halogens is 1. The Bertz CT molecular complexity index is 432. The first kappa shape index (κ1) is 9.86. The summed E-state index contributed by atoms with van der Waals surface area (Å²) in [5.74, 6) is 0.593. The maximum absolute atomic E-state index is 5.84. The van der Waals surface area contributed by atoms with Crippen LogP contribution >= 0.6 is 11.6 Å². The molecule has 2 aromatic rings. The molecular formula is C10H9ClN4. The molecule has 0 aliphatic carbocycles. The molecule has 0 unspecified atom stereocenters. The first-order chi connectivity index (χ1) is 7.36. The summed E-state index contributed by atoms with van der Waals surface area (Å²) in [7, 11) is 0. The van der Waals surface area contributed by atoms with E-state index < -0.39 is 0 Å². The monoisotopic (exact) mass is 220 g/mol. The number of aromatic nitrogens is 3. The van der Waals surface area contributed by atoms with Crippen LogP contribution in [-0.2, 0) is 6.54 Å². The minimum Gasteiger partial charge on any atom is -0.363 e. The molecule has 0 amide bonds. The lowest BCUT2D eigenvalue weighted by Gasteiger charge is -2.05. The van der Waals surface area contributed by atoms with Crippen molar-refractivity contribution in [1.29, 1.82) is 0 Å². The third kappa shape index (κ3) is 2.63. The maximum Gasteiger partial charge on any atom is 0.171 e. The summed E-state index contributed by atoms with van der Waals surface area (Å²) < 4.78 is 0. The molecule has 2 aromatic heterocycles. The SMILES string of the molecule is Clc1nccnc1NCc1ccncc1. The van der Waals surface area contributed by atoms with Crippen LogP contribution in [0.4, 0.5) is 5.82 Å². The van der Waals surface area contributed by atoms with E-state index >= 15 is 0 Å². The maximum atomic E-state index is 5.84. The number of anilines is 1. The van der Waals surface area contributed by atoms with Gasteiger partial charge in [0.2, 0.25) is 0 Å². The van der Waals surface area contributed by atoms with Gasteiger partial charge in [-0.15, -0.1) is 0 Å². The van der Waals surface area contributed by atoms with Crippen LogP contribution in [0, 0.1) is 0 Å². The van der Waals surface area contributed by atoms with Crippen LogP contribution in [0.25, 0.3) is 0 Å². The average Bonchev–Trinajstić information content (AvgIpc) is 2.29. The van der Waals surface area contributed by atoms with E-state index in [4.69, 9.17) is 11.6 Å². The van der Waals surface area contributed by atoms with Gasteiger partial charge in [-0.2, -0.15) is 0 Å². The van der Waals surface area contributed by atoms with Crippen molar-refractivity contribution in [2.45, 2.75) is 6.54 Å². The van der Waals surface area contributed by atoms with E-state index in [0.717, 1.165) is 5.56 Å². The highest BCUT2D eigenvalue weighted by Crippen LogP contribution is 2.14. The standard InChI is InChI=1S/C10H9ClN4/c11-9-10(14-6-5-13-9)15-7-8-1-3-12-4-2-8/h1-6H,7H2,(H,14,15). The fraction of sp³-hybridized carbons (Fsp3) is 0.100. The number of nitrogens with zero attached hydrogens (tertiary/aromatic N) is 3. The van der Waals surface area contributed by atoms with Gasteiger partial charge < -0.3 is 5.32 Å². The smallest absolute Gasteiger partial charge is 0.171 e. The number of rotatable bonds is 3. The molecule has 0 atom stereocenters. The summed E-state index contributed by atoms with van der Waals surface area (Å²) in [4.78, 5) is 11.9. The van der Waals surface area contributed by atoms with Gasteiger partial charge in [0.05, 0.1) is 0 Å². The van der Waals surface area contributed by atoms with Crippen molar-refractivity contribution < 1.29 is 0 Å². The van der Waals surface area contributed by atoms with Crippen molar-refractivity contribution in [3.8, 4) is 0 Å². The highest BCUT2D eigenvalue weighted by atomic mass is 35.5. The van der Waals surface area contributed by atoms with Crippen molar-refractivity contribution in [2.75, 3.05) is 5.32 Å². The summed E-state index contributed by atoms with van der Waals surface area (Å²) in [6.45, 7) is 0.654. The van der Waals surface area contributed by atoms with Crippen molar-refractivity contribution >= 4 is 17.4 Å². The molecule has 0 bridgehead atoms. The Morgan fingerprint density at radius 1 is 1.07 bits per heavy atom. The largest absolute Gasteiger partial charge is 0.363 e. The Morgan fingerprint density at radius 3 is 2.53 bits per heavy atom. The minimum absolute atomic E-state index is 0.381. The normalized spacial score (nSPS) is 9.93. The van der Waals surface area contributed by atoms with Crippen LogP contribution in [0.3, 0.4) is 0 Å². The Balaban J connectivity index is 2.03. The number of hydrogen-bond acceptors (Lipinski definition) is 4. The topological polar surface area (TPSA) is 50.7 Å². The van der Waals surface area contributed by atoms with E-state index in [-0.39, 0.29) is 0 Å². The second-order valence-corrected chi connectivity index (χ2v) is 3.26. The first-order valence-electron chi connectivity index (χ1n) is 4.45. The summed E-state index contributed by atoms with van der Waals surface area (Å²) in [5.41, 5.74) is 1.12. The van der Waals surface area contributed by atoms with E-state index in [1.807, 2.05) is 12.1 Å². The van der Waals surface area contributed by atoms with E-state index in [1.54, 1.807) is 24.8 Å². The van der Waals surface area contributed by atoms with Gasteiger partial charge in [-0.1, -0.05) is 11.6 Å². The third-order valence-electron chi connectivity index (χ3n) is 1.86. The lowest BCUT2D eigenvalue weighted by molar-refractivity contribution is 1.08.